The average Bonchev–Trinajstić information content (AvgIpc) is 3.05. The number of oxazole rings is 1. The van der Waals surface area contributed by atoms with E-state index < -0.39 is 0 Å². The van der Waals surface area contributed by atoms with Gasteiger partial charge in [0, 0.05) is 16.3 Å². The largest absolute Gasteiger partial charge is 0.436 e. The summed E-state index contributed by atoms with van der Waals surface area (Å²) in [6, 6.07) is 17.9. The Hall–Kier alpha value is -2.82. The lowest BCUT2D eigenvalue weighted by Crippen LogP contribution is -2.12. The first-order chi connectivity index (χ1) is 13.0. The minimum absolute atomic E-state index is 0.304. The molecule has 4 aromatic rings. The number of nitrogens with zero attached hydrogens (tertiary/aromatic N) is 1. The standard InChI is InChI=1S/C21H14Cl2N2O2/c1-12-2-9-19-18(10-12)25-21(27-19)13-3-6-15(7-4-13)24-20(26)16-8-5-14(22)11-17(16)23/h2-11H,1H3,(H,24,26). The zero-order valence-electron chi connectivity index (χ0n) is 14.3. The molecule has 0 bridgehead atoms. The van der Waals surface area contributed by atoms with Gasteiger partial charge in [-0.05, 0) is 67.1 Å². The van der Waals surface area contributed by atoms with E-state index in [1.54, 1.807) is 24.3 Å². The van der Waals surface area contributed by atoms with Crippen molar-refractivity contribution in [3.63, 3.8) is 0 Å². The van der Waals surface area contributed by atoms with Crippen LogP contribution in [0.3, 0.4) is 0 Å². The smallest absolute Gasteiger partial charge is 0.257 e. The molecule has 27 heavy (non-hydrogen) atoms. The van der Waals surface area contributed by atoms with E-state index in [-0.39, 0.29) is 5.91 Å². The molecule has 0 aliphatic carbocycles. The fourth-order valence-electron chi connectivity index (χ4n) is 2.73. The number of halogens is 2. The van der Waals surface area contributed by atoms with E-state index in [1.807, 2.05) is 37.3 Å². The van der Waals surface area contributed by atoms with Gasteiger partial charge in [-0.2, -0.15) is 0 Å². The summed E-state index contributed by atoms with van der Waals surface area (Å²) in [5, 5.41) is 3.60. The lowest BCUT2D eigenvalue weighted by molar-refractivity contribution is 0.102. The lowest BCUT2D eigenvalue weighted by Gasteiger charge is -2.07. The number of hydrogen-bond acceptors (Lipinski definition) is 3. The van der Waals surface area contributed by atoms with Crippen LogP contribution in [-0.2, 0) is 0 Å². The third kappa shape index (κ3) is 3.68. The van der Waals surface area contributed by atoms with Gasteiger partial charge in [-0.25, -0.2) is 4.98 Å². The molecule has 1 amide bonds. The Balaban J connectivity index is 1.55. The van der Waals surface area contributed by atoms with E-state index in [0.717, 1.165) is 22.2 Å². The predicted molar refractivity (Wildman–Crippen MR) is 109 cm³/mol. The Morgan fingerprint density at radius 1 is 1.00 bits per heavy atom. The van der Waals surface area contributed by atoms with Crippen LogP contribution in [0, 0.1) is 6.92 Å². The predicted octanol–water partition coefficient (Wildman–Crippen LogP) is 6.36. The highest BCUT2D eigenvalue weighted by Gasteiger charge is 2.12. The number of fused-ring (bicyclic) bond motifs is 1. The number of carbonyl (C=O) groups excluding carboxylic acids is 1. The summed E-state index contributed by atoms with van der Waals surface area (Å²) in [7, 11) is 0. The summed E-state index contributed by atoms with van der Waals surface area (Å²) in [6.45, 7) is 2.01. The number of amides is 1. The first-order valence-electron chi connectivity index (χ1n) is 8.23. The zero-order valence-corrected chi connectivity index (χ0v) is 15.8. The van der Waals surface area contributed by atoms with Crippen LogP contribution in [0.2, 0.25) is 10.0 Å². The number of nitrogens with one attached hydrogen (secondary N) is 1. The molecule has 4 rings (SSSR count). The molecule has 1 heterocycles. The first-order valence-corrected chi connectivity index (χ1v) is 8.99. The van der Waals surface area contributed by atoms with Crippen LogP contribution in [0.1, 0.15) is 15.9 Å². The van der Waals surface area contributed by atoms with Gasteiger partial charge >= 0.3 is 0 Å². The number of anilines is 1. The van der Waals surface area contributed by atoms with E-state index in [9.17, 15) is 4.79 Å². The van der Waals surface area contributed by atoms with Gasteiger partial charge in [0.1, 0.15) is 5.52 Å². The quantitative estimate of drug-likeness (QED) is 0.438. The highest BCUT2D eigenvalue weighted by molar-refractivity contribution is 6.37. The van der Waals surface area contributed by atoms with Crippen LogP contribution in [0.4, 0.5) is 5.69 Å². The van der Waals surface area contributed by atoms with Gasteiger partial charge in [-0.1, -0.05) is 29.3 Å². The normalized spacial score (nSPS) is 10.9. The van der Waals surface area contributed by atoms with Crippen molar-refractivity contribution in [3.8, 4) is 11.5 Å². The molecule has 4 nitrogen and oxygen atoms in total. The molecule has 0 spiro atoms. The Morgan fingerprint density at radius 2 is 1.78 bits per heavy atom. The molecule has 1 N–H and O–H groups in total. The van der Waals surface area contributed by atoms with E-state index >= 15 is 0 Å². The summed E-state index contributed by atoms with van der Waals surface area (Å²) in [5.74, 6) is 0.232. The van der Waals surface area contributed by atoms with Crippen molar-refractivity contribution in [2.75, 3.05) is 5.32 Å². The monoisotopic (exact) mass is 396 g/mol. The van der Waals surface area contributed by atoms with Crippen molar-refractivity contribution in [2.45, 2.75) is 6.92 Å². The van der Waals surface area contributed by atoms with Crippen LogP contribution in [0.5, 0.6) is 0 Å². The zero-order chi connectivity index (χ0) is 19.0. The number of aromatic nitrogens is 1. The second-order valence-corrected chi connectivity index (χ2v) is 6.99. The number of aryl methyl sites for hydroxylation is 1. The highest BCUT2D eigenvalue weighted by atomic mass is 35.5. The molecule has 0 atom stereocenters. The minimum atomic E-state index is -0.304. The van der Waals surface area contributed by atoms with E-state index in [4.69, 9.17) is 27.6 Å². The lowest BCUT2D eigenvalue weighted by atomic mass is 10.2. The Kier molecular flexibility index (Phi) is 4.60. The molecule has 3 aromatic carbocycles. The molecule has 0 saturated heterocycles. The van der Waals surface area contributed by atoms with Gasteiger partial charge in [0.25, 0.3) is 5.91 Å². The molecular weight excluding hydrogens is 383 g/mol. The first kappa shape index (κ1) is 17.6. The topological polar surface area (TPSA) is 55.1 Å². The van der Waals surface area contributed by atoms with Crippen LogP contribution in [0.15, 0.2) is 65.1 Å². The molecule has 0 saturated carbocycles. The van der Waals surface area contributed by atoms with Gasteiger partial charge in [-0.3, -0.25) is 4.79 Å². The van der Waals surface area contributed by atoms with Crippen molar-refractivity contribution >= 4 is 45.9 Å². The van der Waals surface area contributed by atoms with Crippen LogP contribution in [-0.4, -0.2) is 10.9 Å². The molecule has 0 aliphatic heterocycles. The average molecular weight is 397 g/mol. The van der Waals surface area contributed by atoms with E-state index in [0.29, 0.717) is 27.2 Å². The third-order valence-corrected chi connectivity index (χ3v) is 4.66. The molecular formula is C21H14Cl2N2O2. The van der Waals surface area contributed by atoms with Crippen molar-refractivity contribution in [2.24, 2.45) is 0 Å². The Bertz CT molecular complexity index is 1150. The summed E-state index contributed by atoms with van der Waals surface area (Å²) in [4.78, 5) is 16.9. The maximum Gasteiger partial charge on any atom is 0.257 e. The molecule has 1 aromatic heterocycles. The van der Waals surface area contributed by atoms with Crippen LogP contribution < -0.4 is 5.32 Å². The van der Waals surface area contributed by atoms with Crippen LogP contribution >= 0.6 is 23.2 Å². The number of benzene rings is 3. The molecule has 0 fully saturated rings. The Morgan fingerprint density at radius 3 is 2.52 bits per heavy atom. The van der Waals surface area contributed by atoms with Gasteiger partial charge < -0.3 is 9.73 Å². The molecule has 0 aliphatic rings. The maximum atomic E-state index is 12.4. The van der Waals surface area contributed by atoms with E-state index in [1.165, 1.54) is 6.07 Å². The summed E-state index contributed by atoms with van der Waals surface area (Å²) in [6.07, 6.45) is 0. The number of rotatable bonds is 3. The fraction of sp³-hybridized carbons (Fsp3) is 0.0476. The van der Waals surface area contributed by atoms with Gasteiger partial charge in [0.2, 0.25) is 5.89 Å². The van der Waals surface area contributed by atoms with Crippen molar-refractivity contribution in [1.82, 2.24) is 4.98 Å². The summed E-state index contributed by atoms with van der Waals surface area (Å²) in [5.41, 5.74) is 4.51. The highest BCUT2D eigenvalue weighted by Crippen LogP contribution is 2.27. The SMILES string of the molecule is Cc1ccc2oc(-c3ccc(NC(=O)c4ccc(Cl)cc4Cl)cc3)nc2c1. The fourth-order valence-corrected chi connectivity index (χ4v) is 3.22. The second kappa shape index (κ2) is 7.06. The molecule has 6 heteroatoms. The van der Waals surface area contributed by atoms with E-state index in [2.05, 4.69) is 10.3 Å². The molecule has 134 valence electrons. The molecule has 0 radical (unpaired) electrons. The van der Waals surface area contributed by atoms with Crippen LogP contribution in [0.25, 0.3) is 22.6 Å². The van der Waals surface area contributed by atoms with Gasteiger partial charge in [0.05, 0.1) is 10.6 Å². The van der Waals surface area contributed by atoms with Crippen molar-refractivity contribution in [3.05, 3.63) is 81.8 Å². The molecule has 0 unspecified atom stereocenters. The minimum Gasteiger partial charge on any atom is -0.436 e. The maximum absolute atomic E-state index is 12.4. The second-order valence-electron chi connectivity index (χ2n) is 6.15. The number of carbonyl (C=O) groups is 1. The van der Waals surface area contributed by atoms with Gasteiger partial charge in [-0.15, -0.1) is 0 Å². The van der Waals surface area contributed by atoms with Crippen molar-refractivity contribution in [1.29, 1.82) is 0 Å². The third-order valence-electron chi connectivity index (χ3n) is 4.11. The summed E-state index contributed by atoms with van der Waals surface area (Å²) >= 11 is 11.9. The Labute approximate surface area is 165 Å². The summed E-state index contributed by atoms with van der Waals surface area (Å²) < 4.78 is 5.80. The van der Waals surface area contributed by atoms with Gasteiger partial charge in [0.15, 0.2) is 5.58 Å². The number of hydrogen-bond donors (Lipinski definition) is 1. The van der Waals surface area contributed by atoms with Crippen molar-refractivity contribution < 1.29 is 9.21 Å².